The Morgan fingerprint density at radius 1 is 1.10 bits per heavy atom. The van der Waals surface area contributed by atoms with Crippen LogP contribution in [0, 0.1) is 6.92 Å². The molecule has 0 aliphatic heterocycles. The van der Waals surface area contributed by atoms with E-state index >= 15 is 0 Å². The van der Waals surface area contributed by atoms with E-state index in [1.807, 2.05) is 62.4 Å². The summed E-state index contributed by atoms with van der Waals surface area (Å²) in [6, 6.07) is 15.8. The molecular formula is C18H21NO2. The van der Waals surface area contributed by atoms with Gasteiger partial charge in [0.25, 0.3) is 0 Å². The third-order valence-corrected chi connectivity index (χ3v) is 3.48. The minimum absolute atomic E-state index is 0.0196. The highest BCUT2D eigenvalue weighted by molar-refractivity contribution is 5.79. The van der Waals surface area contributed by atoms with Crippen LogP contribution in [0.25, 0.3) is 0 Å². The maximum atomic E-state index is 12.1. The SMILES string of the molecule is COc1ccc([C@H](C)NC(=O)Cc2ccc(C)cc2)cc1. The van der Waals surface area contributed by atoms with Gasteiger partial charge in [-0.1, -0.05) is 42.0 Å². The number of hydrogen-bond donors (Lipinski definition) is 1. The van der Waals surface area contributed by atoms with Crippen LogP contribution in [0.3, 0.4) is 0 Å². The number of amides is 1. The van der Waals surface area contributed by atoms with Crippen molar-refractivity contribution < 1.29 is 9.53 Å². The number of carbonyl (C=O) groups is 1. The second-order valence-corrected chi connectivity index (χ2v) is 5.22. The van der Waals surface area contributed by atoms with Gasteiger partial charge in [0.1, 0.15) is 5.75 Å². The number of methoxy groups -OCH3 is 1. The van der Waals surface area contributed by atoms with Gasteiger partial charge in [-0.15, -0.1) is 0 Å². The Bertz CT molecular complexity index is 588. The average molecular weight is 283 g/mol. The van der Waals surface area contributed by atoms with Gasteiger partial charge in [0.15, 0.2) is 0 Å². The molecule has 0 aliphatic rings. The molecule has 0 aromatic heterocycles. The van der Waals surface area contributed by atoms with Gasteiger partial charge in [-0.3, -0.25) is 4.79 Å². The van der Waals surface area contributed by atoms with Gasteiger partial charge in [0.05, 0.1) is 19.6 Å². The van der Waals surface area contributed by atoms with Crippen LogP contribution >= 0.6 is 0 Å². The molecular weight excluding hydrogens is 262 g/mol. The quantitative estimate of drug-likeness (QED) is 0.913. The van der Waals surface area contributed by atoms with Crippen molar-refractivity contribution in [2.45, 2.75) is 26.3 Å². The highest BCUT2D eigenvalue weighted by Crippen LogP contribution is 2.17. The van der Waals surface area contributed by atoms with Gasteiger partial charge in [-0.25, -0.2) is 0 Å². The molecule has 1 N–H and O–H groups in total. The van der Waals surface area contributed by atoms with Gasteiger partial charge in [0.2, 0.25) is 5.91 Å². The van der Waals surface area contributed by atoms with E-state index in [9.17, 15) is 4.79 Å². The van der Waals surface area contributed by atoms with E-state index < -0.39 is 0 Å². The summed E-state index contributed by atoms with van der Waals surface area (Å²) in [7, 11) is 1.64. The Hall–Kier alpha value is -2.29. The van der Waals surface area contributed by atoms with Gasteiger partial charge in [-0.05, 0) is 37.1 Å². The van der Waals surface area contributed by atoms with Crippen LogP contribution in [0.1, 0.15) is 29.7 Å². The monoisotopic (exact) mass is 283 g/mol. The lowest BCUT2D eigenvalue weighted by atomic mass is 10.1. The third kappa shape index (κ3) is 4.35. The molecule has 0 fully saturated rings. The lowest BCUT2D eigenvalue weighted by Gasteiger charge is -2.15. The lowest BCUT2D eigenvalue weighted by molar-refractivity contribution is -0.121. The molecule has 2 rings (SSSR count). The fourth-order valence-corrected chi connectivity index (χ4v) is 2.16. The number of rotatable bonds is 5. The molecule has 0 saturated heterocycles. The molecule has 1 atom stereocenters. The summed E-state index contributed by atoms with van der Waals surface area (Å²) in [6.45, 7) is 4.02. The van der Waals surface area contributed by atoms with E-state index in [1.165, 1.54) is 5.56 Å². The molecule has 2 aromatic rings. The smallest absolute Gasteiger partial charge is 0.224 e. The van der Waals surface area contributed by atoms with Crippen LogP contribution < -0.4 is 10.1 Å². The Kier molecular flexibility index (Phi) is 4.99. The van der Waals surface area contributed by atoms with Crippen molar-refractivity contribution in [3.63, 3.8) is 0 Å². The van der Waals surface area contributed by atoms with Crippen molar-refractivity contribution in [2.24, 2.45) is 0 Å². The summed E-state index contributed by atoms with van der Waals surface area (Å²) in [5.74, 6) is 0.846. The number of aryl methyl sites for hydroxylation is 1. The lowest BCUT2D eigenvalue weighted by Crippen LogP contribution is -2.28. The first-order chi connectivity index (χ1) is 10.1. The van der Waals surface area contributed by atoms with Crippen molar-refractivity contribution >= 4 is 5.91 Å². The zero-order valence-electron chi connectivity index (χ0n) is 12.7. The van der Waals surface area contributed by atoms with E-state index in [2.05, 4.69) is 5.32 Å². The van der Waals surface area contributed by atoms with E-state index in [0.717, 1.165) is 16.9 Å². The summed E-state index contributed by atoms with van der Waals surface area (Å²) in [6.07, 6.45) is 0.404. The molecule has 0 radical (unpaired) electrons. The fraction of sp³-hybridized carbons (Fsp3) is 0.278. The first-order valence-electron chi connectivity index (χ1n) is 7.07. The summed E-state index contributed by atoms with van der Waals surface area (Å²) in [5.41, 5.74) is 3.29. The number of hydrogen-bond acceptors (Lipinski definition) is 2. The number of ether oxygens (including phenoxy) is 1. The molecule has 0 aliphatic carbocycles. The summed E-state index contributed by atoms with van der Waals surface area (Å²) in [4.78, 5) is 12.1. The first-order valence-corrected chi connectivity index (χ1v) is 7.07. The van der Waals surface area contributed by atoms with Gasteiger partial charge < -0.3 is 10.1 Å². The minimum atomic E-state index is -0.0196. The molecule has 0 saturated carbocycles. The predicted octanol–water partition coefficient (Wildman–Crippen LogP) is 3.42. The number of carbonyl (C=O) groups excluding carboxylic acids is 1. The number of nitrogens with one attached hydrogen (secondary N) is 1. The van der Waals surface area contributed by atoms with Crippen molar-refractivity contribution in [1.82, 2.24) is 5.32 Å². The minimum Gasteiger partial charge on any atom is -0.497 e. The average Bonchev–Trinajstić information content (AvgIpc) is 2.49. The van der Waals surface area contributed by atoms with Crippen LogP contribution in [0.15, 0.2) is 48.5 Å². The van der Waals surface area contributed by atoms with Crippen LogP contribution in [0.2, 0.25) is 0 Å². The fourth-order valence-electron chi connectivity index (χ4n) is 2.16. The van der Waals surface area contributed by atoms with Crippen molar-refractivity contribution in [2.75, 3.05) is 7.11 Å². The molecule has 2 aromatic carbocycles. The molecule has 110 valence electrons. The zero-order chi connectivity index (χ0) is 15.2. The summed E-state index contributed by atoms with van der Waals surface area (Å²) < 4.78 is 5.13. The molecule has 3 heteroatoms. The highest BCUT2D eigenvalue weighted by Gasteiger charge is 2.10. The zero-order valence-corrected chi connectivity index (χ0v) is 12.7. The third-order valence-electron chi connectivity index (χ3n) is 3.48. The van der Waals surface area contributed by atoms with Crippen LogP contribution in [0.5, 0.6) is 5.75 Å². The van der Waals surface area contributed by atoms with E-state index in [0.29, 0.717) is 6.42 Å². The molecule has 0 heterocycles. The molecule has 1 amide bonds. The molecule has 0 spiro atoms. The first kappa shape index (κ1) is 15.1. The van der Waals surface area contributed by atoms with Crippen LogP contribution in [-0.2, 0) is 11.2 Å². The Morgan fingerprint density at radius 3 is 2.29 bits per heavy atom. The Morgan fingerprint density at radius 2 is 1.71 bits per heavy atom. The second-order valence-electron chi connectivity index (χ2n) is 5.22. The Balaban J connectivity index is 1.93. The van der Waals surface area contributed by atoms with Crippen LogP contribution in [-0.4, -0.2) is 13.0 Å². The molecule has 21 heavy (non-hydrogen) atoms. The number of benzene rings is 2. The standard InChI is InChI=1S/C18H21NO2/c1-13-4-6-15(7-5-13)12-18(20)19-14(2)16-8-10-17(21-3)11-9-16/h4-11,14H,12H2,1-3H3,(H,19,20)/t14-/m0/s1. The topological polar surface area (TPSA) is 38.3 Å². The highest BCUT2D eigenvalue weighted by atomic mass is 16.5. The largest absolute Gasteiger partial charge is 0.497 e. The van der Waals surface area contributed by atoms with Crippen LogP contribution in [0.4, 0.5) is 0 Å². The Labute approximate surface area is 126 Å². The van der Waals surface area contributed by atoms with Crippen molar-refractivity contribution in [3.05, 3.63) is 65.2 Å². The van der Waals surface area contributed by atoms with Crippen molar-refractivity contribution in [1.29, 1.82) is 0 Å². The molecule has 3 nitrogen and oxygen atoms in total. The van der Waals surface area contributed by atoms with Gasteiger partial charge in [0, 0.05) is 0 Å². The molecule has 0 unspecified atom stereocenters. The normalized spacial score (nSPS) is 11.8. The summed E-state index contributed by atoms with van der Waals surface area (Å²) >= 11 is 0. The van der Waals surface area contributed by atoms with E-state index in [-0.39, 0.29) is 11.9 Å². The molecule has 0 bridgehead atoms. The van der Waals surface area contributed by atoms with Crippen molar-refractivity contribution in [3.8, 4) is 5.75 Å². The second kappa shape index (κ2) is 6.93. The van der Waals surface area contributed by atoms with Gasteiger partial charge >= 0.3 is 0 Å². The maximum Gasteiger partial charge on any atom is 0.224 e. The maximum absolute atomic E-state index is 12.1. The summed E-state index contributed by atoms with van der Waals surface area (Å²) in [5, 5.41) is 3.02. The van der Waals surface area contributed by atoms with Gasteiger partial charge in [-0.2, -0.15) is 0 Å². The predicted molar refractivity (Wildman–Crippen MR) is 84.4 cm³/mol. The van der Waals surface area contributed by atoms with E-state index in [4.69, 9.17) is 4.74 Å². The van der Waals surface area contributed by atoms with E-state index in [1.54, 1.807) is 7.11 Å².